The molecule has 5 rings (SSSR count). The number of piperidine rings is 1. The molecule has 0 spiro atoms. The van der Waals surface area contributed by atoms with Crippen molar-refractivity contribution in [3.8, 4) is 5.69 Å². The van der Waals surface area contributed by atoms with E-state index in [1.807, 2.05) is 42.5 Å². The number of benzene rings is 2. The number of aromatic nitrogens is 2. The number of fused-ring (bicyclic) bond motifs is 2. The maximum Gasteiger partial charge on any atom is 0.324 e. The summed E-state index contributed by atoms with van der Waals surface area (Å²) < 4.78 is 7.93. The smallest absolute Gasteiger partial charge is 0.324 e. The number of amides is 2. The second-order valence-electron chi connectivity index (χ2n) is 15.9. The number of hydrogen-bond acceptors (Lipinski definition) is 4. The summed E-state index contributed by atoms with van der Waals surface area (Å²) in [6.45, 7) is 25.4. The van der Waals surface area contributed by atoms with Crippen LogP contribution in [-0.2, 0) is 16.6 Å². The minimum absolute atomic E-state index is 0. The van der Waals surface area contributed by atoms with Crippen molar-refractivity contribution in [2.45, 2.75) is 124 Å². The highest BCUT2D eigenvalue weighted by atomic mass is 16.5. The van der Waals surface area contributed by atoms with Crippen molar-refractivity contribution in [3.63, 3.8) is 0 Å². The van der Waals surface area contributed by atoms with Crippen molar-refractivity contribution < 1.29 is 12.4 Å². The highest BCUT2D eigenvalue weighted by Gasteiger charge is 2.42. The summed E-state index contributed by atoms with van der Waals surface area (Å²) in [5.74, 6) is 2.94. The Balaban J connectivity index is 0.00000126. The van der Waals surface area contributed by atoms with Gasteiger partial charge in [0.05, 0.1) is 11.4 Å². The van der Waals surface area contributed by atoms with Crippen LogP contribution in [0, 0.1) is 18.8 Å². The molecule has 2 aliphatic rings. The molecule has 254 valence electrons. The lowest BCUT2D eigenvalue weighted by Gasteiger charge is -2.42. The van der Waals surface area contributed by atoms with Gasteiger partial charge in [-0.2, -0.15) is 5.10 Å². The molecule has 7 heteroatoms. The number of carbonyl (C=O) groups is 1. The van der Waals surface area contributed by atoms with E-state index in [-0.39, 0.29) is 19.9 Å². The highest BCUT2D eigenvalue weighted by molar-refractivity contribution is 5.99. The van der Waals surface area contributed by atoms with Gasteiger partial charge in [0.25, 0.3) is 0 Å². The van der Waals surface area contributed by atoms with Gasteiger partial charge in [-0.3, -0.25) is 5.32 Å². The maximum atomic E-state index is 13.0. The second kappa shape index (κ2) is 14.4. The number of ether oxygens (including phenoxy) is 1. The van der Waals surface area contributed by atoms with Crippen LogP contribution in [0.1, 0.15) is 108 Å². The average molecular weight is 632 g/mol. The monoisotopic (exact) mass is 631 g/mol. The van der Waals surface area contributed by atoms with Gasteiger partial charge in [-0.05, 0) is 108 Å². The van der Waals surface area contributed by atoms with Gasteiger partial charge in [0.1, 0.15) is 11.4 Å². The minimum Gasteiger partial charge on any atom is -0.474 e. The first kappa shape index (κ1) is 35.1. The fraction of sp³-hybridized carbons (Fsp3) is 0.538. The number of carbonyl (C=O) groups excluding carboxylic acids is 1. The average Bonchev–Trinajstić information content (AvgIpc) is 3.47. The van der Waals surface area contributed by atoms with E-state index in [4.69, 9.17) is 9.84 Å². The Morgan fingerprint density at radius 2 is 1.52 bits per heavy atom. The third-order valence-electron chi connectivity index (χ3n) is 8.28. The van der Waals surface area contributed by atoms with Gasteiger partial charge in [0.2, 0.25) is 0 Å². The van der Waals surface area contributed by atoms with Gasteiger partial charge in [-0.1, -0.05) is 71.4 Å². The number of urea groups is 1. The molecule has 2 aliphatic heterocycles. The van der Waals surface area contributed by atoms with Crippen molar-refractivity contribution in [2.75, 3.05) is 10.6 Å². The number of hydrogen-bond donors (Lipinski definition) is 2. The van der Waals surface area contributed by atoms with Crippen LogP contribution in [0.15, 0.2) is 67.1 Å². The Labute approximate surface area is 280 Å². The van der Waals surface area contributed by atoms with E-state index in [0.29, 0.717) is 23.8 Å². The first-order valence-corrected chi connectivity index (χ1v) is 17.0. The van der Waals surface area contributed by atoms with Crippen LogP contribution in [0.2, 0.25) is 0 Å². The lowest BCUT2D eigenvalue weighted by atomic mass is 9.86. The van der Waals surface area contributed by atoms with E-state index >= 15 is 0 Å². The molecule has 3 aromatic rings. The molecule has 2 N–H and O–H groups in total. The Bertz CT molecular complexity index is 1450. The van der Waals surface area contributed by atoms with Crippen LogP contribution in [0.25, 0.3) is 5.69 Å². The zero-order valence-electron chi connectivity index (χ0n) is 29.9. The van der Waals surface area contributed by atoms with Crippen LogP contribution in [0.5, 0.6) is 0 Å². The minimum atomic E-state index is -0.293. The summed E-state index contributed by atoms with van der Waals surface area (Å²) >= 11 is 0. The predicted molar refractivity (Wildman–Crippen MR) is 196 cm³/mol. The van der Waals surface area contributed by atoms with Crippen LogP contribution in [-0.4, -0.2) is 38.4 Å². The molecule has 1 aromatic heterocycles. The fourth-order valence-electron chi connectivity index (χ4n) is 6.33. The summed E-state index contributed by atoms with van der Waals surface area (Å²) in [6, 6.07) is 19.1. The van der Waals surface area contributed by atoms with Crippen molar-refractivity contribution >= 4 is 17.5 Å². The third-order valence-corrected chi connectivity index (χ3v) is 8.28. The molecule has 0 radical (unpaired) electrons. The van der Waals surface area contributed by atoms with Crippen LogP contribution in [0.3, 0.4) is 0 Å². The summed E-state index contributed by atoms with van der Waals surface area (Å²) in [5.41, 5.74) is 4.68. The van der Waals surface area contributed by atoms with Crippen LogP contribution < -0.4 is 10.6 Å². The Morgan fingerprint density at radius 3 is 2.04 bits per heavy atom. The summed E-state index contributed by atoms with van der Waals surface area (Å²) in [4.78, 5) is 15.5. The Morgan fingerprint density at radius 1 is 0.957 bits per heavy atom. The van der Waals surface area contributed by atoms with E-state index in [1.165, 1.54) is 24.0 Å². The summed E-state index contributed by atoms with van der Waals surface area (Å²) in [5, 5.41) is 10.8. The van der Waals surface area contributed by atoms with Crippen molar-refractivity contribution in [1.82, 2.24) is 14.7 Å². The third kappa shape index (κ3) is 9.63. The molecule has 3 heterocycles. The molecule has 2 unspecified atom stereocenters. The van der Waals surface area contributed by atoms with Gasteiger partial charge in [-0.25, -0.2) is 9.48 Å². The molecule has 46 heavy (non-hydrogen) atoms. The SMILES string of the molecule is C=C(OC(C)(C)C)N1C2CCC1CC(Cc1ccc(NC(=O)Nc3cc(C(C)(C)C)nn3-c3ccc(C)cc3)cc1)C2.CC(C)C.[HH].[HH]. The molecular weight excluding hydrogens is 570 g/mol. The van der Waals surface area contributed by atoms with Gasteiger partial charge >= 0.3 is 6.03 Å². The van der Waals surface area contributed by atoms with Gasteiger partial charge in [-0.15, -0.1) is 0 Å². The number of aryl methyl sites for hydroxylation is 1. The molecule has 2 fully saturated rings. The van der Waals surface area contributed by atoms with E-state index in [2.05, 4.69) is 103 Å². The molecule has 2 atom stereocenters. The quantitative estimate of drug-likeness (QED) is 0.255. The summed E-state index contributed by atoms with van der Waals surface area (Å²) in [7, 11) is 0. The second-order valence-corrected chi connectivity index (χ2v) is 15.9. The van der Waals surface area contributed by atoms with E-state index in [9.17, 15) is 4.79 Å². The van der Waals surface area contributed by atoms with E-state index in [1.54, 1.807) is 4.68 Å². The number of nitrogens with one attached hydrogen (secondary N) is 2. The first-order chi connectivity index (χ1) is 21.5. The van der Waals surface area contributed by atoms with E-state index in [0.717, 1.165) is 48.1 Å². The van der Waals surface area contributed by atoms with Gasteiger partial charge in [0, 0.05) is 32.1 Å². The van der Waals surface area contributed by atoms with Gasteiger partial charge in [0.15, 0.2) is 5.88 Å². The maximum absolute atomic E-state index is 13.0. The highest BCUT2D eigenvalue weighted by Crippen LogP contribution is 2.42. The predicted octanol–water partition coefficient (Wildman–Crippen LogP) is 10.3. The van der Waals surface area contributed by atoms with Crippen molar-refractivity contribution in [2.24, 2.45) is 11.8 Å². The largest absolute Gasteiger partial charge is 0.474 e. The number of nitrogens with zero attached hydrogens (tertiary/aromatic N) is 3. The molecule has 2 amide bonds. The van der Waals surface area contributed by atoms with Gasteiger partial charge < -0.3 is 15.0 Å². The van der Waals surface area contributed by atoms with Crippen LogP contribution >= 0.6 is 0 Å². The zero-order valence-corrected chi connectivity index (χ0v) is 29.9. The topological polar surface area (TPSA) is 71.4 Å². The lowest BCUT2D eigenvalue weighted by molar-refractivity contribution is -0.0258. The standard InChI is InChI=1S/C35H47N5O2.C4H10.2H2/c1-23-9-15-28(16-10-23)40-32(22-31(38-40)34(3,4)5)37-33(41)36-27-13-11-25(12-14-27)19-26-20-29-17-18-30(21-26)39(29)24(2)42-35(6,7)8;1-4(2)3;;/h9-16,22,26,29-30H,2,17-21H2,1,3-8H3,(H2,36,37,41);4H,1-3H3;2*1H. The number of anilines is 2. The Kier molecular flexibility index (Phi) is 11.0. The van der Waals surface area contributed by atoms with Crippen molar-refractivity contribution in [1.29, 1.82) is 0 Å². The Hall–Kier alpha value is -3.74. The molecule has 0 aliphatic carbocycles. The molecule has 2 aromatic carbocycles. The normalized spacial score (nSPS) is 19.4. The molecule has 2 saturated heterocycles. The van der Waals surface area contributed by atoms with E-state index < -0.39 is 0 Å². The van der Waals surface area contributed by atoms with Crippen molar-refractivity contribution in [3.05, 3.63) is 83.9 Å². The fourth-order valence-corrected chi connectivity index (χ4v) is 6.33. The lowest BCUT2D eigenvalue weighted by Crippen LogP contribution is -2.44. The molecule has 2 bridgehead atoms. The first-order valence-electron chi connectivity index (χ1n) is 17.0. The molecule has 0 saturated carbocycles. The summed E-state index contributed by atoms with van der Waals surface area (Å²) in [6.07, 6.45) is 5.80. The number of rotatable bonds is 7. The molecule has 7 nitrogen and oxygen atoms in total. The molecular formula is C39H61N5O2. The zero-order chi connectivity index (χ0) is 33.8. The van der Waals surface area contributed by atoms with Crippen LogP contribution in [0.4, 0.5) is 16.3 Å².